The van der Waals surface area contributed by atoms with Crippen molar-refractivity contribution in [2.75, 3.05) is 16.8 Å². The monoisotopic (exact) mass is 401 g/mol. The average Bonchev–Trinajstić information content (AvgIpc) is 3.04. The molecule has 1 atom stereocenters. The predicted molar refractivity (Wildman–Crippen MR) is 103 cm³/mol. The second kappa shape index (κ2) is 7.81. The van der Waals surface area contributed by atoms with Crippen molar-refractivity contribution in [3.05, 3.63) is 54.6 Å². The lowest BCUT2D eigenvalue weighted by molar-refractivity contribution is -0.122. The van der Waals surface area contributed by atoms with E-state index >= 15 is 0 Å². The van der Waals surface area contributed by atoms with Gasteiger partial charge in [0, 0.05) is 31.3 Å². The molecule has 146 valence electrons. The zero-order chi connectivity index (χ0) is 20.3. The molecule has 1 aliphatic heterocycles. The van der Waals surface area contributed by atoms with Crippen molar-refractivity contribution in [2.45, 2.75) is 18.2 Å². The van der Waals surface area contributed by atoms with Gasteiger partial charge in [-0.1, -0.05) is 18.2 Å². The van der Waals surface area contributed by atoms with Crippen molar-refractivity contribution >= 4 is 39.1 Å². The van der Waals surface area contributed by atoms with Gasteiger partial charge in [0.2, 0.25) is 17.7 Å². The van der Waals surface area contributed by atoms with Gasteiger partial charge in [-0.15, -0.1) is 0 Å². The molecule has 0 saturated carbocycles. The summed E-state index contributed by atoms with van der Waals surface area (Å²) < 4.78 is 25.7. The lowest BCUT2D eigenvalue weighted by Gasteiger charge is -2.16. The zero-order valence-corrected chi connectivity index (χ0v) is 15.9. The molecule has 0 aliphatic carbocycles. The molecule has 8 nitrogen and oxygen atoms in total. The molecule has 3 amide bonds. The summed E-state index contributed by atoms with van der Waals surface area (Å²) in [5, 5.41) is 2.70. The fourth-order valence-corrected chi connectivity index (χ4v) is 3.94. The molecule has 0 spiro atoms. The van der Waals surface area contributed by atoms with Gasteiger partial charge in [-0.05, 0) is 36.4 Å². The Balaban J connectivity index is 1.65. The first-order chi connectivity index (χ1) is 13.3. The highest BCUT2D eigenvalue weighted by molar-refractivity contribution is 7.90. The molecule has 1 heterocycles. The Bertz CT molecular complexity index is 1000. The van der Waals surface area contributed by atoms with E-state index in [2.05, 4.69) is 5.32 Å². The minimum Gasteiger partial charge on any atom is -0.326 e. The van der Waals surface area contributed by atoms with Crippen molar-refractivity contribution in [1.29, 1.82) is 0 Å². The summed E-state index contributed by atoms with van der Waals surface area (Å²) in [7, 11) is -3.93. The van der Waals surface area contributed by atoms with Crippen LogP contribution in [-0.4, -0.2) is 32.7 Å². The summed E-state index contributed by atoms with van der Waals surface area (Å²) in [6.45, 7) is 1.39. The first kappa shape index (κ1) is 19.6. The van der Waals surface area contributed by atoms with Crippen molar-refractivity contribution in [2.24, 2.45) is 5.92 Å². The largest absolute Gasteiger partial charge is 0.326 e. The summed E-state index contributed by atoms with van der Waals surface area (Å²) in [6.07, 6.45) is 0.107. The van der Waals surface area contributed by atoms with Gasteiger partial charge >= 0.3 is 0 Å². The Morgan fingerprint density at radius 3 is 2.29 bits per heavy atom. The van der Waals surface area contributed by atoms with Crippen molar-refractivity contribution in [3.8, 4) is 0 Å². The number of anilines is 2. The number of nitrogens with one attached hydrogen (secondary N) is 2. The van der Waals surface area contributed by atoms with Gasteiger partial charge in [-0.3, -0.25) is 14.4 Å². The van der Waals surface area contributed by atoms with E-state index < -0.39 is 21.8 Å². The molecule has 2 aromatic rings. The molecule has 1 fully saturated rings. The van der Waals surface area contributed by atoms with E-state index in [1.807, 2.05) is 35.1 Å². The van der Waals surface area contributed by atoms with Crippen LogP contribution < -0.4 is 14.9 Å². The number of carbonyl (C=O) groups excluding carboxylic acids is 3. The van der Waals surface area contributed by atoms with E-state index in [1.54, 1.807) is 4.90 Å². The fraction of sp³-hybridized carbons (Fsp3) is 0.211. The highest BCUT2D eigenvalue weighted by Gasteiger charge is 2.35. The van der Waals surface area contributed by atoms with Gasteiger partial charge in [0.05, 0.1) is 10.8 Å². The Morgan fingerprint density at radius 1 is 1.04 bits per heavy atom. The third-order valence-electron chi connectivity index (χ3n) is 4.27. The molecule has 0 aromatic heterocycles. The van der Waals surface area contributed by atoms with Gasteiger partial charge in [0.1, 0.15) is 0 Å². The van der Waals surface area contributed by atoms with E-state index in [1.165, 1.54) is 24.3 Å². The van der Waals surface area contributed by atoms with E-state index in [0.717, 1.165) is 12.6 Å². The highest BCUT2D eigenvalue weighted by Crippen LogP contribution is 2.26. The molecule has 28 heavy (non-hydrogen) atoms. The minimum absolute atomic E-state index is 0.0907. The summed E-state index contributed by atoms with van der Waals surface area (Å²) >= 11 is 0. The topological polar surface area (TPSA) is 113 Å². The van der Waals surface area contributed by atoms with Crippen LogP contribution in [0.4, 0.5) is 11.4 Å². The third kappa shape index (κ3) is 4.37. The van der Waals surface area contributed by atoms with Gasteiger partial charge in [-0.2, -0.15) is 0 Å². The molecule has 1 saturated heterocycles. The molecule has 2 N–H and O–H groups in total. The molecule has 0 radical (unpaired) electrons. The van der Waals surface area contributed by atoms with Crippen LogP contribution in [0.15, 0.2) is 59.5 Å². The summed E-state index contributed by atoms with van der Waals surface area (Å²) in [5.74, 6) is -1.63. The number of benzene rings is 2. The number of amides is 3. The quantitative estimate of drug-likeness (QED) is 0.788. The fourth-order valence-electron chi connectivity index (χ4n) is 2.95. The van der Waals surface area contributed by atoms with Crippen LogP contribution in [0.5, 0.6) is 0 Å². The Labute approximate surface area is 162 Å². The van der Waals surface area contributed by atoms with E-state index in [4.69, 9.17) is 0 Å². The van der Waals surface area contributed by atoms with Gasteiger partial charge in [0.15, 0.2) is 0 Å². The summed E-state index contributed by atoms with van der Waals surface area (Å²) in [5.41, 5.74) is 1.15. The van der Waals surface area contributed by atoms with Crippen molar-refractivity contribution < 1.29 is 22.8 Å². The maximum Gasteiger partial charge on any atom is 0.264 e. The van der Waals surface area contributed by atoms with Crippen LogP contribution >= 0.6 is 0 Å². The summed E-state index contributed by atoms with van der Waals surface area (Å²) in [4.78, 5) is 37.2. The van der Waals surface area contributed by atoms with Crippen LogP contribution in [0.1, 0.15) is 13.3 Å². The zero-order valence-electron chi connectivity index (χ0n) is 15.1. The Kier molecular flexibility index (Phi) is 5.46. The molecule has 1 aliphatic rings. The van der Waals surface area contributed by atoms with Crippen LogP contribution in [0.2, 0.25) is 0 Å². The SMILES string of the molecule is CC(=O)NS(=O)(=O)c1ccc(NC(=O)[C@@H]2CC(=O)N(c3ccccc3)C2)cc1. The maximum absolute atomic E-state index is 12.5. The first-order valence-corrected chi connectivity index (χ1v) is 10.0. The average molecular weight is 401 g/mol. The van der Waals surface area contributed by atoms with E-state index in [-0.39, 0.29) is 29.7 Å². The molecular formula is C19H19N3O5S. The van der Waals surface area contributed by atoms with E-state index in [9.17, 15) is 22.8 Å². The molecule has 2 aromatic carbocycles. The van der Waals surface area contributed by atoms with Crippen LogP contribution in [0, 0.1) is 5.92 Å². The second-order valence-corrected chi connectivity index (χ2v) is 8.10. The molecule has 0 bridgehead atoms. The minimum atomic E-state index is -3.93. The van der Waals surface area contributed by atoms with Crippen molar-refractivity contribution in [3.63, 3.8) is 0 Å². The second-order valence-electron chi connectivity index (χ2n) is 6.42. The van der Waals surface area contributed by atoms with Crippen LogP contribution in [0.25, 0.3) is 0 Å². The van der Waals surface area contributed by atoms with Gasteiger partial charge in [0.25, 0.3) is 10.0 Å². The molecule has 3 rings (SSSR count). The normalized spacial score (nSPS) is 16.7. The number of para-hydroxylation sites is 1. The number of hydrogen-bond donors (Lipinski definition) is 2. The standard InChI is InChI=1S/C19H19N3O5S/c1-13(23)21-28(26,27)17-9-7-15(8-10-17)20-19(25)14-11-18(24)22(12-14)16-5-3-2-4-6-16/h2-10,14H,11-12H2,1H3,(H,20,25)(H,21,23)/t14-/m1/s1. The number of sulfonamides is 1. The first-order valence-electron chi connectivity index (χ1n) is 8.56. The Morgan fingerprint density at radius 2 is 1.68 bits per heavy atom. The smallest absolute Gasteiger partial charge is 0.264 e. The van der Waals surface area contributed by atoms with Gasteiger partial charge in [-0.25, -0.2) is 13.1 Å². The number of hydrogen-bond acceptors (Lipinski definition) is 5. The predicted octanol–water partition coefficient (Wildman–Crippen LogP) is 1.50. The van der Waals surface area contributed by atoms with Crippen LogP contribution in [0.3, 0.4) is 0 Å². The third-order valence-corrected chi connectivity index (χ3v) is 5.72. The number of rotatable bonds is 5. The maximum atomic E-state index is 12.5. The molecular weight excluding hydrogens is 382 g/mol. The van der Waals surface area contributed by atoms with E-state index in [0.29, 0.717) is 5.69 Å². The van der Waals surface area contributed by atoms with Gasteiger partial charge < -0.3 is 10.2 Å². The molecule has 9 heteroatoms. The highest BCUT2D eigenvalue weighted by atomic mass is 32.2. The van der Waals surface area contributed by atoms with Crippen LogP contribution in [-0.2, 0) is 24.4 Å². The lowest BCUT2D eigenvalue weighted by atomic mass is 10.1. The number of nitrogens with zero attached hydrogens (tertiary/aromatic N) is 1. The summed E-state index contributed by atoms with van der Waals surface area (Å²) in [6, 6.07) is 14.6. The Hall–Kier alpha value is -3.20. The van der Waals surface area contributed by atoms with Crippen molar-refractivity contribution in [1.82, 2.24) is 4.72 Å². The number of carbonyl (C=O) groups is 3. The molecule has 0 unspecified atom stereocenters. The lowest BCUT2D eigenvalue weighted by Crippen LogP contribution is -2.28.